The molecule has 246 valence electrons. The van der Waals surface area contributed by atoms with Gasteiger partial charge >= 0.3 is 0 Å². The molecule has 2 saturated heterocycles. The van der Waals surface area contributed by atoms with E-state index >= 15 is 0 Å². The monoisotopic (exact) mass is 705 g/mol. The number of imide groups is 2. The summed E-state index contributed by atoms with van der Waals surface area (Å²) in [6.45, 7) is 0. The van der Waals surface area contributed by atoms with E-state index in [-0.39, 0.29) is 35.1 Å². The summed E-state index contributed by atoms with van der Waals surface area (Å²) < 4.78 is 0. The first kappa shape index (κ1) is 32.3. The van der Waals surface area contributed by atoms with E-state index in [2.05, 4.69) is 10.2 Å². The molecule has 0 unspecified atom stereocenters. The van der Waals surface area contributed by atoms with Crippen LogP contribution in [0.4, 0.5) is 22.7 Å². The van der Waals surface area contributed by atoms with E-state index < -0.39 is 51.1 Å². The number of carbonyl (C=O) groups excluding carboxylic acids is 4. The highest BCUT2D eigenvalue weighted by Crippen LogP contribution is 2.66. The number of anilines is 2. The summed E-state index contributed by atoms with van der Waals surface area (Å²) in [5.41, 5.74) is 3.38. The number of allylic oxidation sites excluding steroid dienone is 2. The maximum absolute atomic E-state index is 14.3. The minimum absolute atomic E-state index is 0.153. The Hall–Kier alpha value is -4.25. The predicted molar refractivity (Wildman–Crippen MR) is 182 cm³/mol. The summed E-state index contributed by atoms with van der Waals surface area (Å²) in [4.78, 5) is 55.5. The van der Waals surface area contributed by atoms with Crippen molar-refractivity contribution in [3.8, 4) is 5.75 Å². The van der Waals surface area contributed by atoms with Gasteiger partial charge in [-0.2, -0.15) is 10.2 Å². The lowest BCUT2D eigenvalue weighted by Crippen LogP contribution is -2.60. The number of halogens is 3. The van der Waals surface area contributed by atoms with Gasteiger partial charge in [0.2, 0.25) is 11.8 Å². The number of likely N-dealkylation sites (tertiary alicyclic amines) is 1. The molecule has 48 heavy (non-hydrogen) atoms. The zero-order valence-corrected chi connectivity index (χ0v) is 28.4. The van der Waals surface area contributed by atoms with Gasteiger partial charge in [-0.15, -0.1) is 23.2 Å². The number of phenols is 1. The van der Waals surface area contributed by atoms with E-state index in [0.717, 1.165) is 15.5 Å². The molecule has 3 aromatic carbocycles. The molecule has 2 heterocycles. The van der Waals surface area contributed by atoms with Crippen molar-refractivity contribution in [3.63, 3.8) is 0 Å². The molecule has 4 aliphatic rings. The zero-order valence-electron chi connectivity index (χ0n) is 26.1. The van der Waals surface area contributed by atoms with Gasteiger partial charge in [0.15, 0.2) is 9.75 Å². The average molecular weight is 707 g/mol. The Balaban J connectivity index is 1.22. The lowest BCUT2D eigenvalue weighted by atomic mass is 9.56. The minimum Gasteiger partial charge on any atom is -0.508 e. The number of hydrogen-bond donors (Lipinski definition) is 1. The third-order valence-electron chi connectivity index (χ3n) is 10.1. The molecule has 0 aromatic heterocycles. The van der Waals surface area contributed by atoms with E-state index in [1.807, 2.05) is 43.3 Å². The smallest absolute Gasteiger partial charge is 0.253 e. The highest BCUT2D eigenvalue weighted by Gasteiger charge is 2.76. The van der Waals surface area contributed by atoms with E-state index in [1.165, 1.54) is 25.2 Å². The van der Waals surface area contributed by atoms with Crippen LogP contribution in [0.5, 0.6) is 5.75 Å². The van der Waals surface area contributed by atoms with Gasteiger partial charge < -0.3 is 10.0 Å². The van der Waals surface area contributed by atoms with Gasteiger partial charge in [-0.1, -0.05) is 23.3 Å². The molecule has 7 rings (SSSR count). The normalized spacial score (nSPS) is 29.7. The second-order valence-electron chi connectivity index (χ2n) is 12.8. The second-order valence-corrected chi connectivity index (χ2v) is 14.5. The number of amides is 4. The van der Waals surface area contributed by atoms with Crippen molar-refractivity contribution in [1.82, 2.24) is 4.90 Å². The predicted octanol–water partition coefficient (Wildman–Crippen LogP) is 6.72. The van der Waals surface area contributed by atoms with E-state index in [0.29, 0.717) is 22.6 Å². The van der Waals surface area contributed by atoms with Gasteiger partial charge in [0.05, 0.1) is 28.9 Å². The summed E-state index contributed by atoms with van der Waals surface area (Å²) in [5, 5.41) is 19.8. The third-order valence-corrected chi connectivity index (χ3v) is 11.7. The first-order valence-electron chi connectivity index (χ1n) is 15.3. The van der Waals surface area contributed by atoms with Gasteiger partial charge in [0, 0.05) is 43.3 Å². The van der Waals surface area contributed by atoms with Crippen molar-refractivity contribution in [2.45, 2.75) is 28.5 Å². The fourth-order valence-electron chi connectivity index (χ4n) is 7.70. The second kappa shape index (κ2) is 11.4. The molecule has 1 saturated carbocycles. The minimum atomic E-state index is -2.01. The van der Waals surface area contributed by atoms with E-state index in [1.54, 1.807) is 30.3 Å². The van der Waals surface area contributed by atoms with Crippen LogP contribution >= 0.6 is 34.8 Å². The number of azo groups is 1. The van der Waals surface area contributed by atoms with Crippen LogP contribution in [0.3, 0.4) is 0 Å². The van der Waals surface area contributed by atoms with Crippen LogP contribution in [-0.2, 0) is 19.2 Å². The fraction of sp³-hybridized carbons (Fsp3) is 0.314. The molecule has 2 aliphatic heterocycles. The van der Waals surface area contributed by atoms with Crippen LogP contribution in [0.25, 0.3) is 0 Å². The Labute approximate surface area is 291 Å². The van der Waals surface area contributed by atoms with Gasteiger partial charge in [-0.25, -0.2) is 0 Å². The number of alkyl halides is 2. The quantitative estimate of drug-likeness (QED) is 0.136. The summed E-state index contributed by atoms with van der Waals surface area (Å²) in [7, 11) is 5.21. The van der Waals surface area contributed by atoms with Crippen LogP contribution in [-0.4, -0.2) is 64.5 Å². The Morgan fingerprint density at radius 3 is 2.10 bits per heavy atom. The van der Waals surface area contributed by atoms with Crippen molar-refractivity contribution in [2.24, 2.45) is 28.0 Å². The molecule has 0 spiro atoms. The van der Waals surface area contributed by atoms with Crippen LogP contribution in [0.2, 0.25) is 5.02 Å². The standard InChI is InChI=1S/C35H30Cl3N5O5/c1-41(2)21-9-5-19(6-10-21)39-40-20-7-11-22(12-8-20)43-30(45)24-14-13-23-26(28(24)31(43)46)17-34(37)32(47)42(3)33(48)35(34,38)29(23)25-16-18(36)4-15-27(25)44/h4-13,15-16,24,26,28-29,44H,14,17H2,1-3H3/t24-,26+,28-,29+,34+,35-/m0/s1. The molecule has 0 radical (unpaired) electrons. The van der Waals surface area contributed by atoms with Crippen molar-refractivity contribution < 1.29 is 24.3 Å². The lowest BCUT2D eigenvalue weighted by molar-refractivity contribution is -0.138. The average Bonchev–Trinajstić information content (AvgIpc) is 3.40. The Morgan fingerprint density at radius 2 is 1.48 bits per heavy atom. The third kappa shape index (κ3) is 4.60. The number of carbonyl (C=O) groups is 4. The molecule has 2 aliphatic carbocycles. The van der Waals surface area contributed by atoms with Crippen molar-refractivity contribution >= 4 is 81.2 Å². The number of phenolic OH excluding ortho intramolecular Hbond substituents is 1. The molecule has 10 nitrogen and oxygen atoms in total. The van der Waals surface area contributed by atoms with E-state index in [9.17, 15) is 24.3 Å². The van der Waals surface area contributed by atoms with Gasteiger partial charge in [0.25, 0.3) is 11.8 Å². The SMILES string of the molecule is CN1C(=O)[C@]2(Cl)C[C@@H]3C(=CC[C@@H]4C(=O)N(c5ccc(N=Nc6ccc(N(C)C)cc6)cc5)C(=O)[C@@H]43)[C@H](c3cc(Cl)ccc3O)[C@]2(Cl)C1=O. The Kier molecular flexibility index (Phi) is 7.69. The molecule has 1 N–H and O–H groups in total. The zero-order chi connectivity index (χ0) is 34.3. The van der Waals surface area contributed by atoms with Gasteiger partial charge in [-0.05, 0) is 85.5 Å². The molecular formula is C35H30Cl3N5O5. The highest BCUT2D eigenvalue weighted by molar-refractivity contribution is 6.53. The summed E-state index contributed by atoms with van der Waals surface area (Å²) >= 11 is 20.7. The van der Waals surface area contributed by atoms with Gasteiger partial charge in [-0.3, -0.25) is 29.0 Å². The first-order valence-corrected chi connectivity index (χ1v) is 16.5. The van der Waals surface area contributed by atoms with Crippen molar-refractivity contribution in [3.05, 3.63) is 89.0 Å². The molecule has 6 atom stereocenters. The Morgan fingerprint density at radius 1 is 0.854 bits per heavy atom. The van der Waals surface area contributed by atoms with E-state index in [4.69, 9.17) is 34.8 Å². The Bertz CT molecular complexity index is 1950. The maximum Gasteiger partial charge on any atom is 0.253 e. The molecule has 3 aromatic rings. The highest BCUT2D eigenvalue weighted by atomic mass is 35.5. The van der Waals surface area contributed by atoms with Crippen molar-refractivity contribution in [2.75, 3.05) is 30.9 Å². The molecule has 3 fully saturated rings. The van der Waals surface area contributed by atoms with Crippen molar-refractivity contribution in [1.29, 1.82) is 0 Å². The number of rotatable bonds is 5. The van der Waals surface area contributed by atoms with Gasteiger partial charge in [0.1, 0.15) is 5.75 Å². The lowest BCUT2D eigenvalue weighted by Gasteiger charge is -2.50. The number of nitrogens with zero attached hydrogens (tertiary/aromatic N) is 5. The maximum atomic E-state index is 14.3. The topological polar surface area (TPSA) is 123 Å². The van der Waals surface area contributed by atoms with Crippen LogP contribution in [0, 0.1) is 17.8 Å². The number of hydrogen-bond acceptors (Lipinski definition) is 8. The number of benzene rings is 3. The molecular weight excluding hydrogens is 677 g/mol. The molecule has 4 amide bonds. The summed E-state index contributed by atoms with van der Waals surface area (Å²) in [5.74, 6) is -5.87. The molecule has 13 heteroatoms. The fourth-order valence-corrected chi connectivity index (χ4v) is 8.89. The van der Waals surface area contributed by atoms with Crippen LogP contribution in [0.15, 0.2) is 88.6 Å². The first-order chi connectivity index (χ1) is 22.8. The number of aromatic hydroxyl groups is 1. The van der Waals surface area contributed by atoms with Crippen LogP contribution in [0.1, 0.15) is 24.3 Å². The molecule has 0 bridgehead atoms. The largest absolute Gasteiger partial charge is 0.508 e. The van der Waals surface area contributed by atoms with Crippen LogP contribution < -0.4 is 9.80 Å². The summed E-state index contributed by atoms with van der Waals surface area (Å²) in [6.07, 6.45) is 1.84. The number of fused-ring (bicyclic) bond motifs is 4. The summed E-state index contributed by atoms with van der Waals surface area (Å²) in [6, 6.07) is 18.6.